The molecule has 2 heterocycles. The molecule has 9 nitrogen and oxygen atoms in total. The molecule has 10 heteroatoms. The largest absolute Gasteiger partial charge is 0.493 e. The Morgan fingerprint density at radius 2 is 1.71 bits per heavy atom. The summed E-state index contributed by atoms with van der Waals surface area (Å²) in [5.74, 6) is 1.71. The van der Waals surface area contributed by atoms with Gasteiger partial charge in [-0.15, -0.1) is 17.5 Å². The monoisotopic (exact) mass is 399 g/mol. The van der Waals surface area contributed by atoms with Crippen molar-refractivity contribution in [3.63, 3.8) is 0 Å². The molecular weight excluding hydrogens is 382 g/mol. The molecule has 0 aliphatic heterocycles. The number of anilines is 1. The number of ether oxygens (including phenoxy) is 2. The fourth-order valence-electron chi connectivity index (χ4n) is 2.84. The molecule has 0 saturated carbocycles. The van der Waals surface area contributed by atoms with E-state index in [1.807, 2.05) is 30.3 Å². The first-order valence-corrected chi connectivity index (χ1v) is 8.17. The number of methoxy groups -OCH3 is 2. The number of hydrogen-bond acceptors (Lipinski definition) is 8. The number of nitrogens with two attached hydrogens (primary N) is 1. The molecule has 144 valence electrons. The molecule has 0 aliphatic rings. The molecule has 4 aromatic rings. The van der Waals surface area contributed by atoms with Crippen LogP contribution in [0, 0.1) is 0 Å². The molecule has 0 radical (unpaired) electrons. The van der Waals surface area contributed by atoms with Gasteiger partial charge in [-0.05, 0) is 34.2 Å². The molecule has 4 rings (SSSR count). The summed E-state index contributed by atoms with van der Waals surface area (Å²) in [6.07, 6.45) is 1.48. The van der Waals surface area contributed by atoms with Crippen LogP contribution in [0.2, 0.25) is 0 Å². The molecule has 0 saturated heterocycles. The third-order valence-electron chi connectivity index (χ3n) is 4.20. The Kier molecular flexibility index (Phi) is 5.55. The van der Waals surface area contributed by atoms with Gasteiger partial charge in [0.05, 0.1) is 26.3 Å². The average molecular weight is 400 g/mol. The lowest BCUT2D eigenvalue weighted by Crippen LogP contribution is -2.06. The van der Waals surface area contributed by atoms with Crippen LogP contribution >= 0.6 is 12.4 Å². The van der Waals surface area contributed by atoms with Gasteiger partial charge in [-0.3, -0.25) is 0 Å². The van der Waals surface area contributed by atoms with Crippen molar-refractivity contribution in [3.8, 4) is 23.0 Å². The first-order chi connectivity index (χ1) is 13.2. The van der Waals surface area contributed by atoms with Gasteiger partial charge in [0, 0.05) is 17.1 Å². The van der Waals surface area contributed by atoms with Crippen LogP contribution in [0.5, 0.6) is 11.5 Å². The molecule has 28 heavy (non-hydrogen) atoms. The van der Waals surface area contributed by atoms with Crippen LogP contribution in [0.4, 0.5) is 5.69 Å². The molecule has 0 bridgehead atoms. The van der Waals surface area contributed by atoms with E-state index in [0.717, 1.165) is 10.9 Å². The predicted octanol–water partition coefficient (Wildman–Crippen LogP) is 2.35. The summed E-state index contributed by atoms with van der Waals surface area (Å²) in [7, 11) is 3.16. The number of tetrazole rings is 1. The molecular formula is C18H18ClN7O2. The van der Waals surface area contributed by atoms with Gasteiger partial charge >= 0.3 is 0 Å². The van der Waals surface area contributed by atoms with Crippen LogP contribution in [-0.2, 0) is 6.54 Å². The highest BCUT2D eigenvalue weighted by molar-refractivity contribution is 5.92. The van der Waals surface area contributed by atoms with Crippen LogP contribution in [0.1, 0.15) is 5.56 Å². The lowest BCUT2D eigenvalue weighted by molar-refractivity contribution is 0.356. The van der Waals surface area contributed by atoms with Gasteiger partial charge in [0.2, 0.25) is 5.82 Å². The van der Waals surface area contributed by atoms with Crippen molar-refractivity contribution in [2.24, 2.45) is 0 Å². The third kappa shape index (κ3) is 3.52. The highest BCUT2D eigenvalue weighted by Gasteiger charge is 2.17. The van der Waals surface area contributed by atoms with E-state index in [9.17, 15) is 0 Å². The van der Waals surface area contributed by atoms with E-state index in [0.29, 0.717) is 40.8 Å². The number of nitrogens with zero attached hydrogens (tertiary/aromatic N) is 6. The highest BCUT2D eigenvalue weighted by Crippen LogP contribution is 2.34. The van der Waals surface area contributed by atoms with E-state index in [2.05, 4.69) is 25.5 Å². The van der Waals surface area contributed by atoms with Crippen molar-refractivity contribution in [2.45, 2.75) is 6.54 Å². The van der Waals surface area contributed by atoms with Gasteiger partial charge in [-0.2, -0.15) is 0 Å². The Hall–Kier alpha value is -3.46. The SMILES string of the molecule is COc1cc2ncnc(-c3nnnn3Cc3ccc(N)cc3)c2cc1OC.Cl. The van der Waals surface area contributed by atoms with Crippen molar-refractivity contribution >= 4 is 29.0 Å². The molecule has 2 aromatic carbocycles. The zero-order valence-electron chi connectivity index (χ0n) is 15.2. The van der Waals surface area contributed by atoms with Crippen LogP contribution in [0.25, 0.3) is 22.4 Å². The molecule has 0 spiro atoms. The lowest BCUT2D eigenvalue weighted by atomic mass is 10.1. The number of rotatable bonds is 5. The summed E-state index contributed by atoms with van der Waals surface area (Å²) in [6, 6.07) is 11.2. The molecule has 2 N–H and O–H groups in total. The second-order valence-electron chi connectivity index (χ2n) is 5.85. The quantitative estimate of drug-likeness (QED) is 0.508. The second kappa shape index (κ2) is 8.05. The van der Waals surface area contributed by atoms with Crippen LogP contribution in [0.15, 0.2) is 42.7 Å². The van der Waals surface area contributed by atoms with Crippen LogP contribution < -0.4 is 15.2 Å². The Labute approximate surface area is 166 Å². The van der Waals surface area contributed by atoms with Crippen molar-refractivity contribution in [2.75, 3.05) is 20.0 Å². The van der Waals surface area contributed by atoms with E-state index < -0.39 is 0 Å². The van der Waals surface area contributed by atoms with Crippen molar-refractivity contribution in [1.29, 1.82) is 0 Å². The van der Waals surface area contributed by atoms with E-state index in [1.165, 1.54) is 6.33 Å². The fraction of sp³-hybridized carbons (Fsp3) is 0.167. The summed E-state index contributed by atoms with van der Waals surface area (Å²) in [6.45, 7) is 0.487. The first-order valence-electron chi connectivity index (χ1n) is 8.17. The van der Waals surface area contributed by atoms with Crippen molar-refractivity contribution < 1.29 is 9.47 Å². The second-order valence-corrected chi connectivity index (χ2v) is 5.85. The number of hydrogen-bond donors (Lipinski definition) is 1. The summed E-state index contributed by atoms with van der Waals surface area (Å²) >= 11 is 0. The van der Waals surface area contributed by atoms with E-state index in [-0.39, 0.29) is 12.4 Å². The Bertz CT molecular complexity index is 1100. The molecule has 0 fully saturated rings. The molecule has 0 atom stereocenters. The van der Waals surface area contributed by atoms with Crippen molar-refractivity contribution in [1.82, 2.24) is 30.2 Å². The minimum atomic E-state index is 0. The number of aromatic nitrogens is 6. The smallest absolute Gasteiger partial charge is 0.201 e. The van der Waals surface area contributed by atoms with Gasteiger partial charge in [-0.1, -0.05) is 12.1 Å². The Morgan fingerprint density at radius 1 is 1.00 bits per heavy atom. The average Bonchev–Trinajstić information content (AvgIpc) is 3.16. The standard InChI is InChI=1S/C18H17N7O2.ClH/c1-26-15-7-13-14(8-16(15)27-2)20-10-21-17(13)18-22-23-24-25(18)9-11-3-5-12(19)6-4-11;/h3-8,10H,9,19H2,1-2H3;1H. The number of benzene rings is 2. The topological polar surface area (TPSA) is 114 Å². The molecule has 0 aliphatic carbocycles. The first kappa shape index (κ1) is 19.3. The van der Waals surface area contributed by atoms with Crippen molar-refractivity contribution in [3.05, 3.63) is 48.3 Å². The third-order valence-corrected chi connectivity index (χ3v) is 4.20. The van der Waals surface area contributed by atoms with Gasteiger partial charge in [0.1, 0.15) is 12.0 Å². The molecule has 0 unspecified atom stereocenters. The maximum atomic E-state index is 5.75. The maximum Gasteiger partial charge on any atom is 0.201 e. The zero-order valence-corrected chi connectivity index (χ0v) is 16.1. The molecule has 0 amide bonds. The summed E-state index contributed by atoms with van der Waals surface area (Å²) in [5, 5.41) is 12.8. The lowest BCUT2D eigenvalue weighted by Gasteiger charge is -2.11. The summed E-state index contributed by atoms with van der Waals surface area (Å²) in [4.78, 5) is 8.73. The number of nitrogen functional groups attached to an aromatic ring is 1. The Morgan fingerprint density at radius 3 is 2.43 bits per heavy atom. The van der Waals surface area contributed by atoms with Gasteiger partial charge < -0.3 is 15.2 Å². The number of fused-ring (bicyclic) bond motifs is 1. The predicted molar refractivity (Wildman–Crippen MR) is 107 cm³/mol. The minimum Gasteiger partial charge on any atom is -0.493 e. The van der Waals surface area contributed by atoms with Gasteiger partial charge in [0.25, 0.3) is 0 Å². The van der Waals surface area contributed by atoms with E-state index in [1.54, 1.807) is 25.0 Å². The fourth-order valence-corrected chi connectivity index (χ4v) is 2.84. The van der Waals surface area contributed by atoms with E-state index >= 15 is 0 Å². The molecule has 2 aromatic heterocycles. The van der Waals surface area contributed by atoms with Crippen LogP contribution in [0.3, 0.4) is 0 Å². The normalized spacial score (nSPS) is 10.5. The minimum absolute atomic E-state index is 0. The number of halogens is 1. The Balaban J connectivity index is 0.00000225. The highest BCUT2D eigenvalue weighted by atomic mass is 35.5. The van der Waals surface area contributed by atoms with Crippen LogP contribution in [-0.4, -0.2) is 44.4 Å². The summed E-state index contributed by atoms with van der Waals surface area (Å²) < 4.78 is 12.4. The maximum absolute atomic E-state index is 5.75. The van der Waals surface area contributed by atoms with E-state index in [4.69, 9.17) is 15.2 Å². The summed E-state index contributed by atoms with van der Waals surface area (Å²) in [5.41, 5.74) is 8.80. The zero-order chi connectivity index (χ0) is 18.8. The van der Waals surface area contributed by atoms with Gasteiger partial charge in [-0.25, -0.2) is 14.6 Å². The van der Waals surface area contributed by atoms with Gasteiger partial charge in [0.15, 0.2) is 11.5 Å².